The van der Waals surface area contributed by atoms with E-state index in [0.29, 0.717) is 0 Å². The van der Waals surface area contributed by atoms with Crippen molar-refractivity contribution in [3.05, 3.63) is 19.0 Å². The Morgan fingerprint density at radius 3 is 2.33 bits per heavy atom. The van der Waals surface area contributed by atoms with Crippen molar-refractivity contribution in [2.24, 2.45) is 0 Å². The molecule has 1 aromatic carbocycles. The molecule has 6 heteroatoms. The van der Waals surface area contributed by atoms with Crippen LogP contribution in [0.25, 0.3) is 11.0 Å². The molecule has 2 aliphatic heterocycles. The van der Waals surface area contributed by atoms with Crippen LogP contribution in [-0.2, 0) is 13.0 Å². The minimum absolute atomic E-state index is 1.06. The minimum atomic E-state index is 1.06. The van der Waals surface area contributed by atoms with E-state index in [1.54, 1.807) is 0 Å². The van der Waals surface area contributed by atoms with Crippen LogP contribution in [-0.4, -0.2) is 22.6 Å². The number of benzene rings is 1. The molecule has 0 unspecified atom stereocenters. The second-order valence-electron chi connectivity index (χ2n) is 5.83. The number of nitrogens with zero attached hydrogens (tertiary/aromatic N) is 3. The smallest absolute Gasteiger partial charge is 0.206 e. The normalized spacial score (nSPS) is 18.5. The van der Waals surface area contributed by atoms with Crippen LogP contribution >= 0.6 is 47.8 Å². The van der Waals surface area contributed by atoms with Gasteiger partial charge in [0.15, 0.2) is 0 Å². The van der Waals surface area contributed by atoms with Crippen LogP contribution in [0.5, 0.6) is 0 Å². The van der Waals surface area contributed by atoms with Crippen molar-refractivity contribution >= 4 is 64.8 Å². The van der Waals surface area contributed by atoms with Gasteiger partial charge in [-0.2, -0.15) is 0 Å². The molecule has 112 valence electrons. The highest BCUT2D eigenvalue weighted by Gasteiger charge is 2.27. The van der Waals surface area contributed by atoms with Gasteiger partial charge in [-0.3, -0.25) is 0 Å². The number of imidazole rings is 1. The molecule has 2 aliphatic rings. The highest BCUT2D eigenvalue weighted by molar-refractivity contribution is 9.14. The van der Waals surface area contributed by atoms with Gasteiger partial charge in [-0.15, -0.1) is 0 Å². The van der Waals surface area contributed by atoms with E-state index in [4.69, 9.17) is 4.98 Å². The fourth-order valence-electron chi connectivity index (χ4n) is 3.53. The highest BCUT2D eigenvalue weighted by atomic mass is 79.9. The van der Waals surface area contributed by atoms with Gasteiger partial charge in [0, 0.05) is 28.6 Å². The zero-order valence-electron chi connectivity index (χ0n) is 11.6. The SMILES string of the molecule is Brc1c(Br)c2c3c(nc(N4CCCCC4)n3CCC2)c1Br. The summed E-state index contributed by atoms with van der Waals surface area (Å²) >= 11 is 11.2. The van der Waals surface area contributed by atoms with Crippen molar-refractivity contribution in [3.63, 3.8) is 0 Å². The Labute approximate surface area is 149 Å². The van der Waals surface area contributed by atoms with Gasteiger partial charge in [0.25, 0.3) is 0 Å². The number of hydrogen-bond donors (Lipinski definition) is 0. The molecule has 0 atom stereocenters. The Bertz CT molecular complexity index is 717. The first-order chi connectivity index (χ1) is 10.2. The lowest BCUT2D eigenvalue weighted by Gasteiger charge is -2.29. The summed E-state index contributed by atoms with van der Waals surface area (Å²) in [6.45, 7) is 3.35. The second kappa shape index (κ2) is 5.53. The van der Waals surface area contributed by atoms with Gasteiger partial charge in [0.1, 0.15) is 5.52 Å². The topological polar surface area (TPSA) is 21.1 Å². The number of hydrogen-bond acceptors (Lipinski definition) is 2. The average molecular weight is 478 g/mol. The van der Waals surface area contributed by atoms with Crippen molar-refractivity contribution in [3.8, 4) is 0 Å². The Morgan fingerprint density at radius 2 is 1.57 bits per heavy atom. The first kappa shape index (κ1) is 14.5. The van der Waals surface area contributed by atoms with Gasteiger partial charge < -0.3 is 9.47 Å². The molecule has 0 aliphatic carbocycles. The van der Waals surface area contributed by atoms with E-state index in [-0.39, 0.29) is 0 Å². The predicted molar refractivity (Wildman–Crippen MR) is 97.2 cm³/mol. The standard InChI is InChI=1S/C15H16Br3N3/c16-10-9-5-4-8-21-14(9)13(12(18)11(10)17)19-15(21)20-6-2-1-3-7-20/h1-8H2. The zero-order chi connectivity index (χ0) is 14.6. The number of halogens is 3. The summed E-state index contributed by atoms with van der Waals surface area (Å²) in [7, 11) is 0. The molecule has 1 fully saturated rings. The molecule has 21 heavy (non-hydrogen) atoms. The third kappa shape index (κ3) is 2.20. The molecule has 1 aromatic heterocycles. The molecule has 1 saturated heterocycles. The lowest BCUT2D eigenvalue weighted by Crippen LogP contribution is -2.32. The largest absolute Gasteiger partial charge is 0.342 e. The molecule has 0 bridgehead atoms. The van der Waals surface area contributed by atoms with Gasteiger partial charge in [-0.25, -0.2) is 4.98 Å². The van der Waals surface area contributed by atoms with Gasteiger partial charge in [-0.05, 0) is 85.5 Å². The molecule has 3 heterocycles. The Hall–Kier alpha value is -0.0700. The number of anilines is 1. The van der Waals surface area contributed by atoms with Crippen molar-refractivity contribution in [2.45, 2.75) is 38.6 Å². The van der Waals surface area contributed by atoms with Gasteiger partial charge in [0.2, 0.25) is 5.95 Å². The molecule has 0 N–H and O–H groups in total. The van der Waals surface area contributed by atoms with E-state index in [1.165, 1.54) is 41.2 Å². The first-order valence-corrected chi connectivity index (χ1v) is 9.87. The van der Waals surface area contributed by atoms with Crippen molar-refractivity contribution < 1.29 is 0 Å². The van der Waals surface area contributed by atoms with Gasteiger partial charge >= 0.3 is 0 Å². The Morgan fingerprint density at radius 1 is 0.810 bits per heavy atom. The van der Waals surface area contributed by atoms with Gasteiger partial charge in [0.05, 0.1) is 9.99 Å². The van der Waals surface area contributed by atoms with Crippen molar-refractivity contribution in [1.82, 2.24) is 9.55 Å². The molecule has 2 aromatic rings. The summed E-state index contributed by atoms with van der Waals surface area (Å²) in [6, 6.07) is 0. The Balaban J connectivity index is 1.98. The van der Waals surface area contributed by atoms with Crippen LogP contribution in [0.15, 0.2) is 13.4 Å². The lowest BCUT2D eigenvalue weighted by molar-refractivity contribution is 0.546. The van der Waals surface area contributed by atoms with Crippen LogP contribution in [0, 0.1) is 0 Å². The van der Waals surface area contributed by atoms with Crippen LogP contribution in [0.4, 0.5) is 5.95 Å². The summed E-state index contributed by atoms with van der Waals surface area (Å²) in [6.07, 6.45) is 6.22. The Kier molecular flexibility index (Phi) is 3.82. The van der Waals surface area contributed by atoms with Crippen molar-refractivity contribution in [1.29, 1.82) is 0 Å². The van der Waals surface area contributed by atoms with Crippen LogP contribution in [0.2, 0.25) is 0 Å². The lowest BCUT2D eigenvalue weighted by atomic mass is 10.0. The highest BCUT2D eigenvalue weighted by Crippen LogP contribution is 2.44. The molecule has 0 radical (unpaired) electrons. The monoisotopic (exact) mass is 475 g/mol. The van der Waals surface area contributed by atoms with E-state index >= 15 is 0 Å². The summed E-state index contributed by atoms with van der Waals surface area (Å²) in [5.41, 5.74) is 3.80. The molecule has 0 amide bonds. The first-order valence-electron chi connectivity index (χ1n) is 7.49. The maximum Gasteiger partial charge on any atom is 0.206 e. The fraction of sp³-hybridized carbons (Fsp3) is 0.533. The maximum absolute atomic E-state index is 5.00. The van der Waals surface area contributed by atoms with E-state index in [9.17, 15) is 0 Å². The number of aromatic nitrogens is 2. The molecular weight excluding hydrogens is 462 g/mol. The van der Waals surface area contributed by atoms with E-state index in [0.717, 1.165) is 46.5 Å². The minimum Gasteiger partial charge on any atom is -0.342 e. The van der Waals surface area contributed by atoms with Crippen LogP contribution in [0.3, 0.4) is 0 Å². The number of piperidine rings is 1. The molecule has 3 nitrogen and oxygen atoms in total. The number of aryl methyl sites for hydroxylation is 2. The molecule has 4 rings (SSSR count). The quantitative estimate of drug-likeness (QED) is 0.522. The van der Waals surface area contributed by atoms with Crippen molar-refractivity contribution in [2.75, 3.05) is 18.0 Å². The summed E-state index contributed by atoms with van der Waals surface area (Å²) < 4.78 is 5.75. The summed E-state index contributed by atoms with van der Waals surface area (Å²) in [5.74, 6) is 1.16. The fourth-order valence-corrected chi connectivity index (χ4v) is 5.28. The zero-order valence-corrected chi connectivity index (χ0v) is 16.4. The second-order valence-corrected chi connectivity index (χ2v) is 8.21. The van der Waals surface area contributed by atoms with Crippen LogP contribution in [0.1, 0.15) is 31.2 Å². The number of rotatable bonds is 1. The summed E-state index contributed by atoms with van der Waals surface area (Å²) in [5, 5.41) is 0. The average Bonchev–Trinajstić information content (AvgIpc) is 2.92. The van der Waals surface area contributed by atoms with E-state index in [1.807, 2.05) is 0 Å². The maximum atomic E-state index is 5.00. The third-order valence-corrected chi connectivity index (χ3v) is 8.04. The van der Waals surface area contributed by atoms with E-state index in [2.05, 4.69) is 57.3 Å². The third-order valence-electron chi connectivity index (χ3n) is 4.54. The molecular formula is C15H16Br3N3. The predicted octanol–water partition coefficient (Wildman–Crippen LogP) is 5.26. The van der Waals surface area contributed by atoms with E-state index < -0.39 is 0 Å². The summed E-state index contributed by atoms with van der Waals surface area (Å²) in [4.78, 5) is 7.47. The molecule has 0 saturated carbocycles. The molecule has 0 spiro atoms. The van der Waals surface area contributed by atoms with Gasteiger partial charge in [-0.1, -0.05) is 0 Å². The van der Waals surface area contributed by atoms with Crippen LogP contribution < -0.4 is 4.90 Å².